The van der Waals surface area contributed by atoms with Crippen LogP contribution in [0, 0.1) is 0 Å². The molecule has 6 heteroatoms. The molecule has 4 rings (SSSR count). The molecule has 0 saturated carbocycles. The summed E-state index contributed by atoms with van der Waals surface area (Å²) in [5.41, 5.74) is 2.43. The lowest BCUT2D eigenvalue weighted by Gasteiger charge is -2.29. The lowest BCUT2D eigenvalue weighted by Crippen LogP contribution is -2.37. The van der Waals surface area contributed by atoms with Gasteiger partial charge in [0, 0.05) is 41.5 Å². The molecule has 0 unspecified atom stereocenters. The number of nitrogens with zero attached hydrogens (tertiary/aromatic N) is 2. The topological polar surface area (TPSA) is 32.8 Å². The third-order valence-electron chi connectivity index (χ3n) is 5.12. The number of thiophene rings is 2. The normalized spacial score (nSPS) is 13.2. The smallest absolute Gasteiger partial charge is 0.224 e. The second-order valence-electron chi connectivity index (χ2n) is 6.88. The number of ether oxygens (including phenoxy) is 1. The van der Waals surface area contributed by atoms with Crippen molar-refractivity contribution in [2.24, 2.45) is 0 Å². The Hall–Kier alpha value is -2.31. The summed E-state index contributed by atoms with van der Waals surface area (Å²) in [5.74, 6) is 1.08. The van der Waals surface area contributed by atoms with E-state index in [4.69, 9.17) is 4.74 Å². The van der Waals surface area contributed by atoms with Crippen molar-refractivity contribution in [3.8, 4) is 5.75 Å². The summed E-state index contributed by atoms with van der Waals surface area (Å²) in [6, 6.07) is 14.4. The van der Waals surface area contributed by atoms with Crippen molar-refractivity contribution >= 4 is 34.3 Å². The van der Waals surface area contributed by atoms with Gasteiger partial charge in [0.05, 0.1) is 13.7 Å². The first-order valence-corrected chi connectivity index (χ1v) is 11.2. The Morgan fingerprint density at radius 1 is 1.14 bits per heavy atom. The SMILES string of the molecule is COc1ccc(N(CCC(=O)N2CCc3sccc3C2)Cc2cccs2)cc1. The minimum atomic E-state index is 0.238. The maximum Gasteiger partial charge on any atom is 0.224 e. The number of hydrogen-bond acceptors (Lipinski definition) is 5. The van der Waals surface area contributed by atoms with Crippen LogP contribution in [0.25, 0.3) is 0 Å². The predicted octanol–water partition coefficient (Wildman–Crippen LogP) is 4.80. The van der Waals surface area contributed by atoms with Crippen molar-refractivity contribution in [3.05, 3.63) is 68.5 Å². The zero-order chi connectivity index (χ0) is 19.3. The van der Waals surface area contributed by atoms with Crippen LogP contribution in [0.5, 0.6) is 5.75 Å². The molecule has 2 aromatic heterocycles. The van der Waals surface area contributed by atoms with Gasteiger partial charge in [-0.05, 0) is 59.1 Å². The molecule has 4 nitrogen and oxygen atoms in total. The molecule has 0 radical (unpaired) electrons. The van der Waals surface area contributed by atoms with Gasteiger partial charge in [-0.1, -0.05) is 6.07 Å². The van der Waals surface area contributed by atoms with Crippen LogP contribution in [0.2, 0.25) is 0 Å². The first-order chi connectivity index (χ1) is 13.7. The van der Waals surface area contributed by atoms with Gasteiger partial charge in [-0.15, -0.1) is 22.7 Å². The summed E-state index contributed by atoms with van der Waals surface area (Å²) in [6.07, 6.45) is 1.51. The van der Waals surface area contributed by atoms with Crippen LogP contribution in [0.3, 0.4) is 0 Å². The van der Waals surface area contributed by atoms with Crippen LogP contribution in [0.1, 0.15) is 21.7 Å². The van der Waals surface area contributed by atoms with E-state index in [0.29, 0.717) is 13.0 Å². The van der Waals surface area contributed by atoms with Gasteiger partial charge < -0.3 is 14.5 Å². The molecule has 0 aliphatic carbocycles. The zero-order valence-electron chi connectivity index (χ0n) is 16.0. The highest BCUT2D eigenvalue weighted by Gasteiger charge is 2.22. The number of benzene rings is 1. The van der Waals surface area contributed by atoms with E-state index in [1.54, 1.807) is 29.8 Å². The molecule has 0 bridgehead atoms. The molecule has 1 aliphatic heterocycles. The van der Waals surface area contributed by atoms with Gasteiger partial charge in [0.15, 0.2) is 0 Å². The van der Waals surface area contributed by atoms with Crippen molar-refractivity contribution in [2.45, 2.75) is 25.9 Å². The number of hydrogen-bond donors (Lipinski definition) is 0. The van der Waals surface area contributed by atoms with E-state index in [2.05, 4.69) is 46.0 Å². The van der Waals surface area contributed by atoms with Gasteiger partial charge in [0.2, 0.25) is 5.91 Å². The minimum Gasteiger partial charge on any atom is -0.497 e. The molecule has 28 heavy (non-hydrogen) atoms. The Bertz CT molecular complexity index is 903. The number of rotatable bonds is 7. The number of anilines is 1. The molecule has 146 valence electrons. The Balaban J connectivity index is 1.42. The van der Waals surface area contributed by atoms with Crippen LogP contribution in [0.4, 0.5) is 5.69 Å². The highest BCUT2D eigenvalue weighted by molar-refractivity contribution is 7.10. The maximum atomic E-state index is 12.9. The molecule has 0 fully saturated rings. The average Bonchev–Trinajstić information content (AvgIpc) is 3.42. The first kappa shape index (κ1) is 19.0. The minimum absolute atomic E-state index is 0.238. The van der Waals surface area contributed by atoms with Crippen molar-refractivity contribution in [1.29, 1.82) is 0 Å². The fraction of sp³-hybridized carbons (Fsp3) is 0.318. The molecule has 0 atom stereocenters. The van der Waals surface area contributed by atoms with Gasteiger partial charge in [0.1, 0.15) is 5.75 Å². The molecule has 0 saturated heterocycles. The second kappa shape index (κ2) is 8.80. The summed E-state index contributed by atoms with van der Waals surface area (Å²) in [6.45, 7) is 3.10. The molecule has 0 N–H and O–H groups in total. The van der Waals surface area contributed by atoms with Crippen LogP contribution in [-0.2, 0) is 24.3 Å². The summed E-state index contributed by atoms with van der Waals surface area (Å²) in [7, 11) is 1.68. The second-order valence-corrected chi connectivity index (χ2v) is 8.92. The Kier molecular flexibility index (Phi) is 5.98. The Morgan fingerprint density at radius 2 is 2.00 bits per heavy atom. The lowest BCUT2D eigenvalue weighted by atomic mass is 10.1. The van der Waals surface area contributed by atoms with E-state index in [-0.39, 0.29) is 5.91 Å². The third-order valence-corrected chi connectivity index (χ3v) is 7.00. The number of methoxy groups -OCH3 is 1. The van der Waals surface area contributed by atoms with Crippen molar-refractivity contribution in [1.82, 2.24) is 4.90 Å². The molecule has 3 heterocycles. The van der Waals surface area contributed by atoms with Gasteiger partial charge in [-0.3, -0.25) is 4.79 Å². The van der Waals surface area contributed by atoms with E-state index >= 15 is 0 Å². The lowest BCUT2D eigenvalue weighted by molar-refractivity contribution is -0.131. The monoisotopic (exact) mass is 412 g/mol. The molecular formula is C22H24N2O2S2. The fourth-order valence-electron chi connectivity index (χ4n) is 3.53. The third kappa shape index (κ3) is 4.39. The fourth-order valence-corrected chi connectivity index (χ4v) is 5.14. The van der Waals surface area contributed by atoms with Crippen LogP contribution in [-0.4, -0.2) is 31.0 Å². The maximum absolute atomic E-state index is 12.9. The summed E-state index contributed by atoms with van der Waals surface area (Å²) >= 11 is 3.55. The number of carbonyl (C=O) groups excluding carboxylic acids is 1. The molecule has 1 amide bonds. The first-order valence-electron chi connectivity index (χ1n) is 9.47. The number of carbonyl (C=O) groups is 1. The summed E-state index contributed by atoms with van der Waals surface area (Å²) in [4.78, 5) is 19.9. The Morgan fingerprint density at radius 3 is 2.75 bits per heavy atom. The zero-order valence-corrected chi connectivity index (χ0v) is 17.6. The standard InChI is InChI=1S/C22H24N2O2S2/c1-26-19-6-4-18(5-7-19)23(16-20-3-2-13-27-20)12-9-22(25)24-11-8-21-17(15-24)10-14-28-21/h2-7,10,13-14H,8-9,11-12,15-16H2,1H3. The molecule has 0 spiro atoms. The molecule has 3 aromatic rings. The van der Waals surface area contributed by atoms with Crippen LogP contribution >= 0.6 is 22.7 Å². The predicted molar refractivity (Wildman–Crippen MR) is 116 cm³/mol. The average molecular weight is 413 g/mol. The van der Waals surface area contributed by atoms with Gasteiger partial charge in [0.25, 0.3) is 0 Å². The number of amides is 1. The van der Waals surface area contributed by atoms with E-state index < -0.39 is 0 Å². The Labute approximate surface area is 174 Å². The van der Waals surface area contributed by atoms with Crippen molar-refractivity contribution < 1.29 is 9.53 Å². The largest absolute Gasteiger partial charge is 0.497 e. The highest BCUT2D eigenvalue weighted by Crippen LogP contribution is 2.26. The van der Waals surface area contributed by atoms with Crippen LogP contribution < -0.4 is 9.64 Å². The molecule has 1 aromatic carbocycles. The molecule has 1 aliphatic rings. The van der Waals surface area contributed by atoms with E-state index in [9.17, 15) is 4.79 Å². The number of fused-ring (bicyclic) bond motifs is 1. The van der Waals surface area contributed by atoms with Crippen LogP contribution in [0.15, 0.2) is 53.2 Å². The quantitative estimate of drug-likeness (QED) is 0.559. The highest BCUT2D eigenvalue weighted by atomic mass is 32.1. The van der Waals surface area contributed by atoms with Gasteiger partial charge >= 0.3 is 0 Å². The van der Waals surface area contributed by atoms with E-state index in [1.807, 2.05) is 17.0 Å². The van der Waals surface area contributed by atoms with Crippen molar-refractivity contribution in [2.75, 3.05) is 25.1 Å². The molecular weight excluding hydrogens is 388 g/mol. The van der Waals surface area contributed by atoms with Gasteiger partial charge in [-0.2, -0.15) is 0 Å². The van der Waals surface area contributed by atoms with Gasteiger partial charge in [-0.25, -0.2) is 0 Å². The summed E-state index contributed by atoms with van der Waals surface area (Å²) in [5, 5.41) is 4.23. The van der Waals surface area contributed by atoms with E-state index in [1.165, 1.54) is 15.3 Å². The van der Waals surface area contributed by atoms with Crippen molar-refractivity contribution in [3.63, 3.8) is 0 Å². The summed E-state index contributed by atoms with van der Waals surface area (Å²) < 4.78 is 5.28. The van der Waals surface area contributed by atoms with E-state index in [0.717, 1.165) is 37.5 Å².